The maximum Gasteiger partial charge on any atom is 0.225 e. The number of amides is 1. The second kappa shape index (κ2) is 12.3. The quantitative estimate of drug-likeness (QED) is 0.370. The molecule has 0 aromatic heterocycles. The zero-order chi connectivity index (χ0) is 23.6. The first-order chi connectivity index (χ1) is 13.6. The molecule has 0 atom stereocenters. The Morgan fingerprint density at radius 2 is 1.17 bits per heavy atom. The van der Waals surface area contributed by atoms with Crippen molar-refractivity contribution in [2.24, 2.45) is 5.90 Å². The summed E-state index contributed by atoms with van der Waals surface area (Å²) in [4.78, 5) is 20.1. The van der Waals surface area contributed by atoms with Gasteiger partial charge in [-0.2, -0.15) is 0 Å². The standard InChI is InChI=1S/C23H48N2O5/c1-11-27-20(3,4)13-15-25(16-14-21(5,6)28-12-2)19(26)17-22(7,8)29-18-23(9,10)30-24/h11-18,24H2,1-10H3. The summed E-state index contributed by atoms with van der Waals surface area (Å²) in [5, 5.41) is 0. The van der Waals surface area contributed by atoms with Gasteiger partial charge in [0.1, 0.15) is 5.60 Å². The highest BCUT2D eigenvalue weighted by Crippen LogP contribution is 2.23. The summed E-state index contributed by atoms with van der Waals surface area (Å²) >= 11 is 0. The maximum atomic E-state index is 13.2. The minimum absolute atomic E-state index is 0.0612. The molecule has 0 saturated carbocycles. The lowest BCUT2D eigenvalue weighted by Gasteiger charge is -2.35. The molecule has 0 saturated heterocycles. The van der Waals surface area contributed by atoms with E-state index < -0.39 is 11.2 Å². The average molecular weight is 433 g/mol. The maximum absolute atomic E-state index is 13.2. The Bertz CT molecular complexity index is 482. The van der Waals surface area contributed by atoms with Gasteiger partial charge in [0.2, 0.25) is 5.91 Å². The minimum atomic E-state index is -0.629. The molecular weight excluding hydrogens is 384 g/mol. The number of carbonyl (C=O) groups is 1. The molecule has 0 bridgehead atoms. The van der Waals surface area contributed by atoms with Gasteiger partial charge >= 0.3 is 0 Å². The van der Waals surface area contributed by atoms with Crippen molar-refractivity contribution in [3.8, 4) is 0 Å². The molecule has 0 aliphatic heterocycles. The third-order valence-electron chi connectivity index (χ3n) is 5.10. The van der Waals surface area contributed by atoms with Crippen LogP contribution in [-0.4, -0.2) is 66.1 Å². The largest absolute Gasteiger partial charge is 0.376 e. The third-order valence-corrected chi connectivity index (χ3v) is 5.10. The van der Waals surface area contributed by atoms with E-state index in [4.69, 9.17) is 24.9 Å². The van der Waals surface area contributed by atoms with Gasteiger partial charge in [-0.25, -0.2) is 5.90 Å². The molecule has 0 unspecified atom stereocenters. The van der Waals surface area contributed by atoms with Gasteiger partial charge in [-0.05, 0) is 82.1 Å². The first kappa shape index (κ1) is 29.3. The van der Waals surface area contributed by atoms with Crippen molar-refractivity contribution in [1.82, 2.24) is 4.90 Å². The highest BCUT2D eigenvalue weighted by molar-refractivity contribution is 5.77. The summed E-state index contributed by atoms with van der Waals surface area (Å²) in [5.74, 6) is 5.38. The summed E-state index contributed by atoms with van der Waals surface area (Å²) in [6.07, 6.45) is 1.80. The van der Waals surface area contributed by atoms with Gasteiger partial charge in [0, 0.05) is 26.3 Å². The zero-order valence-electron chi connectivity index (χ0n) is 21.2. The van der Waals surface area contributed by atoms with Crippen LogP contribution in [0, 0.1) is 0 Å². The van der Waals surface area contributed by atoms with Crippen molar-refractivity contribution in [2.45, 2.75) is 111 Å². The SMILES string of the molecule is CCOC(C)(C)CCN(CCC(C)(C)OCC)C(=O)CC(C)(C)OCC(C)(C)ON. The van der Waals surface area contributed by atoms with Gasteiger partial charge in [-0.3, -0.25) is 9.63 Å². The number of nitrogens with zero attached hydrogens (tertiary/aromatic N) is 1. The van der Waals surface area contributed by atoms with Crippen LogP contribution in [0.4, 0.5) is 0 Å². The fourth-order valence-corrected chi connectivity index (χ4v) is 3.03. The van der Waals surface area contributed by atoms with Crippen LogP contribution >= 0.6 is 0 Å². The second-order valence-corrected chi connectivity index (χ2v) is 10.4. The Kier molecular flexibility index (Phi) is 12.0. The van der Waals surface area contributed by atoms with Gasteiger partial charge in [-0.15, -0.1) is 0 Å². The Morgan fingerprint density at radius 1 is 0.733 bits per heavy atom. The highest BCUT2D eigenvalue weighted by Gasteiger charge is 2.31. The van der Waals surface area contributed by atoms with Crippen molar-refractivity contribution in [3.05, 3.63) is 0 Å². The van der Waals surface area contributed by atoms with Crippen LogP contribution in [0.1, 0.15) is 88.5 Å². The van der Waals surface area contributed by atoms with E-state index in [1.54, 1.807) is 0 Å². The van der Waals surface area contributed by atoms with Gasteiger partial charge in [-0.1, -0.05) is 0 Å². The normalized spacial score (nSPS) is 13.6. The summed E-state index contributed by atoms with van der Waals surface area (Å²) in [6.45, 7) is 22.6. The van der Waals surface area contributed by atoms with Crippen LogP contribution in [0.15, 0.2) is 0 Å². The van der Waals surface area contributed by atoms with E-state index >= 15 is 0 Å². The fraction of sp³-hybridized carbons (Fsp3) is 0.957. The highest BCUT2D eigenvalue weighted by atomic mass is 16.6. The van der Waals surface area contributed by atoms with E-state index in [0.29, 0.717) is 32.9 Å². The monoisotopic (exact) mass is 432 g/mol. The van der Waals surface area contributed by atoms with Crippen molar-refractivity contribution in [2.75, 3.05) is 32.9 Å². The Labute approximate surface area is 184 Å². The van der Waals surface area contributed by atoms with Crippen molar-refractivity contribution >= 4 is 5.91 Å². The average Bonchev–Trinajstić information content (AvgIpc) is 2.59. The number of ether oxygens (including phenoxy) is 3. The van der Waals surface area contributed by atoms with Crippen LogP contribution in [0.25, 0.3) is 0 Å². The molecule has 30 heavy (non-hydrogen) atoms. The van der Waals surface area contributed by atoms with Gasteiger partial charge < -0.3 is 19.1 Å². The molecule has 2 N–H and O–H groups in total. The Morgan fingerprint density at radius 3 is 1.53 bits per heavy atom. The molecule has 7 nitrogen and oxygen atoms in total. The molecule has 1 amide bonds. The lowest BCUT2D eigenvalue weighted by atomic mass is 10.00. The third kappa shape index (κ3) is 12.8. The second-order valence-electron chi connectivity index (χ2n) is 10.4. The van der Waals surface area contributed by atoms with Gasteiger partial charge in [0.05, 0.1) is 29.8 Å². The van der Waals surface area contributed by atoms with Crippen LogP contribution < -0.4 is 5.90 Å². The smallest absolute Gasteiger partial charge is 0.225 e. The van der Waals surface area contributed by atoms with Crippen molar-refractivity contribution < 1.29 is 23.8 Å². The van der Waals surface area contributed by atoms with Gasteiger partial charge in [0.15, 0.2) is 0 Å². The topological polar surface area (TPSA) is 83.2 Å². The first-order valence-electron chi connectivity index (χ1n) is 11.2. The molecule has 0 aliphatic carbocycles. The molecule has 7 heteroatoms. The van der Waals surface area contributed by atoms with Crippen LogP contribution in [-0.2, 0) is 23.8 Å². The van der Waals surface area contributed by atoms with E-state index in [1.165, 1.54) is 0 Å². The van der Waals surface area contributed by atoms with E-state index in [2.05, 4.69) is 27.7 Å². The molecule has 0 rings (SSSR count). The number of nitrogens with two attached hydrogens (primary N) is 1. The lowest BCUT2D eigenvalue weighted by molar-refractivity contribution is -0.148. The number of rotatable bonds is 16. The Hall–Kier alpha value is -0.730. The lowest BCUT2D eigenvalue weighted by Crippen LogP contribution is -2.44. The molecule has 0 spiro atoms. The molecule has 0 aromatic rings. The van der Waals surface area contributed by atoms with Crippen LogP contribution in [0.5, 0.6) is 0 Å². The molecule has 0 fully saturated rings. The van der Waals surface area contributed by atoms with Crippen LogP contribution in [0.3, 0.4) is 0 Å². The summed E-state index contributed by atoms with van der Waals surface area (Å²) in [6, 6.07) is 0. The van der Waals surface area contributed by atoms with Gasteiger partial charge in [0.25, 0.3) is 0 Å². The summed E-state index contributed by atoms with van der Waals surface area (Å²) in [5.41, 5.74) is -1.80. The molecule has 0 heterocycles. The van der Waals surface area contributed by atoms with E-state index in [0.717, 1.165) is 12.8 Å². The van der Waals surface area contributed by atoms with Crippen molar-refractivity contribution in [1.29, 1.82) is 0 Å². The van der Waals surface area contributed by atoms with E-state index in [-0.39, 0.29) is 23.5 Å². The number of carbonyl (C=O) groups excluding carboxylic acids is 1. The minimum Gasteiger partial charge on any atom is -0.376 e. The molecule has 0 aliphatic rings. The fourth-order valence-electron chi connectivity index (χ4n) is 3.03. The van der Waals surface area contributed by atoms with Crippen LogP contribution in [0.2, 0.25) is 0 Å². The molecule has 0 radical (unpaired) electrons. The zero-order valence-corrected chi connectivity index (χ0v) is 21.2. The number of hydrogen-bond donors (Lipinski definition) is 1. The predicted octanol–water partition coefficient (Wildman–Crippen LogP) is 4.08. The first-order valence-corrected chi connectivity index (χ1v) is 11.2. The summed E-state index contributed by atoms with van der Waals surface area (Å²) < 4.78 is 17.6. The van der Waals surface area contributed by atoms with Crippen molar-refractivity contribution in [3.63, 3.8) is 0 Å². The molecular formula is C23H48N2O5. The van der Waals surface area contributed by atoms with E-state index in [9.17, 15) is 4.79 Å². The summed E-state index contributed by atoms with van der Waals surface area (Å²) in [7, 11) is 0. The predicted molar refractivity (Wildman–Crippen MR) is 121 cm³/mol. The number of hydrogen-bond acceptors (Lipinski definition) is 6. The Balaban J connectivity index is 5.14. The molecule has 180 valence electrons. The van der Waals surface area contributed by atoms with E-state index in [1.807, 2.05) is 46.4 Å². The molecule has 0 aromatic carbocycles.